The zero-order valence-electron chi connectivity index (χ0n) is 12.4. The van der Waals surface area contributed by atoms with Gasteiger partial charge < -0.3 is 5.32 Å². The lowest BCUT2D eigenvalue weighted by molar-refractivity contribution is -0.115. The highest BCUT2D eigenvalue weighted by Gasteiger charge is 2.09. The number of benzene rings is 1. The Kier molecular flexibility index (Phi) is 4.36. The maximum absolute atomic E-state index is 12.0. The third-order valence-corrected chi connectivity index (χ3v) is 4.99. The van der Waals surface area contributed by atoms with E-state index in [0.717, 1.165) is 16.8 Å². The molecule has 0 fully saturated rings. The van der Waals surface area contributed by atoms with E-state index in [-0.39, 0.29) is 5.91 Å². The Morgan fingerprint density at radius 2 is 2.05 bits per heavy atom. The Balaban J connectivity index is 1.70. The molecular weight excluding hydrogens is 312 g/mol. The first-order valence-electron chi connectivity index (χ1n) is 6.96. The van der Waals surface area contributed by atoms with Crippen LogP contribution >= 0.6 is 22.7 Å². The molecule has 0 spiro atoms. The molecule has 5 heteroatoms. The number of carbonyl (C=O) groups excluding carboxylic acids is 1. The summed E-state index contributed by atoms with van der Waals surface area (Å²) >= 11 is 3.05. The highest BCUT2D eigenvalue weighted by molar-refractivity contribution is 7.14. The van der Waals surface area contributed by atoms with E-state index in [1.54, 1.807) is 11.3 Å². The van der Waals surface area contributed by atoms with Crippen LogP contribution in [0.1, 0.15) is 16.7 Å². The van der Waals surface area contributed by atoms with Crippen molar-refractivity contribution in [1.82, 2.24) is 4.98 Å². The molecule has 2 aromatic heterocycles. The quantitative estimate of drug-likeness (QED) is 0.756. The molecule has 112 valence electrons. The molecule has 3 rings (SSSR count). The average Bonchev–Trinajstić information content (AvgIpc) is 3.13. The molecule has 3 nitrogen and oxygen atoms in total. The SMILES string of the molecule is Cc1ccc(-c2csc(NC(=O)Cc3ccsc3)n2)cc1C. The lowest BCUT2D eigenvalue weighted by Gasteiger charge is -2.02. The maximum atomic E-state index is 12.0. The average molecular weight is 328 g/mol. The number of carbonyl (C=O) groups is 1. The highest BCUT2D eigenvalue weighted by Crippen LogP contribution is 2.26. The van der Waals surface area contributed by atoms with Crippen molar-refractivity contribution in [3.8, 4) is 11.3 Å². The van der Waals surface area contributed by atoms with E-state index in [4.69, 9.17) is 0 Å². The Morgan fingerprint density at radius 1 is 1.18 bits per heavy atom. The molecule has 22 heavy (non-hydrogen) atoms. The summed E-state index contributed by atoms with van der Waals surface area (Å²) in [5.41, 5.74) is 5.53. The monoisotopic (exact) mass is 328 g/mol. The number of rotatable bonds is 4. The predicted octanol–water partition coefficient (Wildman–Crippen LogP) is 4.67. The van der Waals surface area contributed by atoms with Gasteiger partial charge in [-0.1, -0.05) is 12.1 Å². The molecule has 3 aromatic rings. The molecule has 0 aliphatic heterocycles. The molecule has 1 amide bonds. The van der Waals surface area contributed by atoms with Crippen molar-refractivity contribution in [1.29, 1.82) is 0 Å². The van der Waals surface area contributed by atoms with Crippen LogP contribution in [0.15, 0.2) is 40.4 Å². The first-order chi connectivity index (χ1) is 10.6. The van der Waals surface area contributed by atoms with E-state index in [9.17, 15) is 4.79 Å². The van der Waals surface area contributed by atoms with Crippen LogP contribution in [0, 0.1) is 13.8 Å². The number of anilines is 1. The molecule has 0 saturated carbocycles. The topological polar surface area (TPSA) is 42.0 Å². The van der Waals surface area contributed by atoms with E-state index in [2.05, 4.69) is 42.3 Å². The fourth-order valence-corrected chi connectivity index (χ4v) is 3.51. The minimum Gasteiger partial charge on any atom is -0.302 e. The van der Waals surface area contributed by atoms with Gasteiger partial charge in [0.05, 0.1) is 12.1 Å². The number of thiophene rings is 1. The molecule has 1 aromatic carbocycles. The normalized spacial score (nSPS) is 10.6. The standard InChI is InChI=1S/C17H16N2OS2/c1-11-3-4-14(7-12(11)2)15-10-22-17(18-15)19-16(20)8-13-5-6-21-9-13/h3-7,9-10H,8H2,1-2H3,(H,18,19,20). The van der Waals surface area contributed by atoms with Crippen molar-refractivity contribution >= 4 is 33.7 Å². The van der Waals surface area contributed by atoms with E-state index in [1.807, 2.05) is 22.2 Å². The zero-order valence-corrected chi connectivity index (χ0v) is 14.1. The first-order valence-corrected chi connectivity index (χ1v) is 8.78. The van der Waals surface area contributed by atoms with Crippen LogP contribution in [0.2, 0.25) is 0 Å². The molecule has 1 N–H and O–H groups in total. The fraction of sp³-hybridized carbons (Fsp3) is 0.176. The van der Waals surface area contributed by atoms with Gasteiger partial charge >= 0.3 is 0 Å². The second-order valence-corrected chi connectivity index (χ2v) is 6.83. The molecule has 0 radical (unpaired) electrons. The maximum Gasteiger partial charge on any atom is 0.230 e. The fourth-order valence-electron chi connectivity index (χ4n) is 2.11. The summed E-state index contributed by atoms with van der Waals surface area (Å²) in [6.45, 7) is 4.19. The number of thiazole rings is 1. The van der Waals surface area contributed by atoms with Crippen LogP contribution in [0.5, 0.6) is 0 Å². The summed E-state index contributed by atoms with van der Waals surface area (Å²) < 4.78 is 0. The number of aromatic nitrogens is 1. The van der Waals surface area contributed by atoms with Crippen molar-refractivity contribution in [3.63, 3.8) is 0 Å². The number of hydrogen-bond donors (Lipinski definition) is 1. The number of amides is 1. The van der Waals surface area contributed by atoms with Gasteiger partial charge in [0, 0.05) is 10.9 Å². The van der Waals surface area contributed by atoms with Crippen molar-refractivity contribution in [3.05, 3.63) is 57.1 Å². The largest absolute Gasteiger partial charge is 0.302 e. The summed E-state index contributed by atoms with van der Waals surface area (Å²) in [6, 6.07) is 8.25. The zero-order chi connectivity index (χ0) is 15.5. The number of aryl methyl sites for hydroxylation is 2. The smallest absolute Gasteiger partial charge is 0.230 e. The molecular formula is C17H16N2OS2. The van der Waals surface area contributed by atoms with Gasteiger partial charge in [0.1, 0.15) is 0 Å². The molecule has 2 heterocycles. The predicted molar refractivity (Wildman–Crippen MR) is 93.7 cm³/mol. The summed E-state index contributed by atoms with van der Waals surface area (Å²) in [5.74, 6) is -0.0283. The van der Waals surface area contributed by atoms with E-state index in [0.29, 0.717) is 11.6 Å². The number of nitrogens with one attached hydrogen (secondary N) is 1. The minimum atomic E-state index is -0.0283. The van der Waals surface area contributed by atoms with Crippen molar-refractivity contribution in [2.24, 2.45) is 0 Å². The van der Waals surface area contributed by atoms with Gasteiger partial charge in [-0.05, 0) is 53.4 Å². The van der Waals surface area contributed by atoms with Crippen molar-refractivity contribution < 1.29 is 4.79 Å². The lowest BCUT2D eigenvalue weighted by atomic mass is 10.1. The molecule has 0 bridgehead atoms. The second-order valence-electron chi connectivity index (χ2n) is 5.19. The van der Waals surface area contributed by atoms with Gasteiger partial charge in [0.25, 0.3) is 0 Å². The first kappa shape index (κ1) is 14.9. The van der Waals surface area contributed by atoms with Crippen molar-refractivity contribution in [2.75, 3.05) is 5.32 Å². The molecule has 0 aliphatic rings. The molecule has 0 unspecified atom stereocenters. The van der Waals surface area contributed by atoms with Crippen LogP contribution in [-0.4, -0.2) is 10.9 Å². The van der Waals surface area contributed by atoms with Gasteiger partial charge in [0.15, 0.2) is 5.13 Å². The number of hydrogen-bond acceptors (Lipinski definition) is 4. The van der Waals surface area contributed by atoms with Crippen molar-refractivity contribution in [2.45, 2.75) is 20.3 Å². The minimum absolute atomic E-state index is 0.0283. The van der Waals surface area contributed by atoms with Gasteiger partial charge in [-0.3, -0.25) is 4.79 Å². The summed E-state index contributed by atoms with van der Waals surface area (Å²) in [7, 11) is 0. The number of nitrogens with zero attached hydrogens (tertiary/aromatic N) is 1. The van der Waals surface area contributed by atoms with Gasteiger partial charge in [-0.15, -0.1) is 11.3 Å². The Morgan fingerprint density at radius 3 is 2.77 bits per heavy atom. The second kappa shape index (κ2) is 6.42. The summed E-state index contributed by atoms with van der Waals surface area (Å²) in [4.78, 5) is 16.5. The van der Waals surface area contributed by atoms with Crippen LogP contribution < -0.4 is 5.32 Å². The van der Waals surface area contributed by atoms with Crippen LogP contribution in [0.3, 0.4) is 0 Å². The third kappa shape index (κ3) is 3.43. The highest BCUT2D eigenvalue weighted by atomic mass is 32.1. The van der Waals surface area contributed by atoms with E-state index >= 15 is 0 Å². The van der Waals surface area contributed by atoms with E-state index in [1.165, 1.54) is 22.5 Å². The van der Waals surface area contributed by atoms with Gasteiger partial charge in [0.2, 0.25) is 5.91 Å². The van der Waals surface area contributed by atoms with Gasteiger partial charge in [-0.25, -0.2) is 4.98 Å². The van der Waals surface area contributed by atoms with Gasteiger partial charge in [-0.2, -0.15) is 11.3 Å². The molecule has 0 aliphatic carbocycles. The molecule has 0 saturated heterocycles. The Bertz CT molecular complexity index is 791. The molecule has 0 atom stereocenters. The Hall–Kier alpha value is -1.98. The van der Waals surface area contributed by atoms with Crippen LogP contribution in [0.25, 0.3) is 11.3 Å². The summed E-state index contributed by atoms with van der Waals surface area (Å²) in [6.07, 6.45) is 0.391. The van der Waals surface area contributed by atoms with Crippen LogP contribution in [0.4, 0.5) is 5.13 Å². The third-order valence-electron chi connectivity index (χ3n) is 3.50. The summed E-state index contributed by atoms with van der Waals surface area (Å²) in [5, 5.41) is 9.46. The van der Waals surface area contributed by atoms with E-state index < -0.39 is 0 Å². The van der Waals surface area contributed by atoms with Crippen LogP contribution in [-0.2, 0) is 11.2 Å². The lowest BCUT2D eigenvalue weighted by Crippen LogP contribution is -2.13. The Labute approximate surface area is 137 Å².